The van der Waals surface area contributed by atoms with Crippen molar-refractivity contribution in [3.05, 3.63) is 130 Å². The molecule has 4 aliphatic rings. The maximum atomic E-state index is 14.1. The van der Waals surface area contributed by atoms with E-state index in [1.54, 1.807) is 42.5 Å². The van der Waals surface area contributed by atoms with E-state index in [9.17, 15) is 19.2 Å². The number of hydrogen-bond acceptors (Lipinski definition) is 5. The average molecular weight is 563 g/mol. The fourth-order valence-electron chi connectivity index (χ4n) is 6.73. The summed E-state index contributed by atoms with van der Waals surface area (Å²) in [6.07, 6.45) is 0. The van der Waals surface area contributed by atoms with Crippen molar-refractivity contribution in [2.75, 3.05) is 16.8 Å². The Bertz CT molecular complexity index is 1650. The highest BCUT2D eigenvalue weighted by Gasteiger charge is 2.62. The number of nitrogens with zero attached hydrogens (tertiary/aromatic N) is 1. The van der Waals surface area contributed by atoms with Crippen molar-refractivity contribution in [1.82, 2.24) is 0 Å². The Morgan fingerprint density at radius 2 is 1.27 bits per heavy atom. The van der Waals surface area contributed by atoms with Gasteiger partial charge in [-0.05, 0) is 52.6 Å². The van der Waals surface area contributed by atoms with Crippen LogP contribution in [0, 0.1) is 11.8 Å². The lowest BCUT2D eigenvalue weighted by molar-refractivity contribution is -0.122. The molecular formula is C33H23ClN2O5. The van der Waals surface area contributed by atoms with Crippen molar-refractivity contribution < 1.29 is 23.9 Å². The van der Waals surface area contributed by atoms with Gasteiger partial charge in [-0.3, -0.25) is 14.4 Å². The Morgan fingerprint density at radius 3 is 1.83 bits per heavy atom. The van der Waals surface area contributed by atoms with Gasteiger partial charge >= 0.3 is 5.97 Å². The molecule has 1 saturated heterocycles. The highest BCUT2D eigenvalue weighted by molar-refractivity contribution is 6.31. The van der Waals surface area contributed by atoms with Gasteiger partial charge in [-0.25, -0.2) is 9.69 Å². The molecule has 4 aromatic carbocycles. The van der Waals surface area contributed by atoms with E-state index < -0.39 is 30.3 Å². The molecule has 1 fully saturated rings. The lowest BCUT2D eigenvalue weighted by Gasteiger charge is -2.45. The van der Waals surface area contributed by atoms with Gasteiger partial charge in [-0.1, -0.05) is 78.3 Å². The van der Waals surface area contributed by atoms with Crippen LogP contribution < -0.4 is 10.2 Å². The molecule has 1 aliphatic heterocycles. The number of halogens is 1. The Morgan fingerprint density at radius 1 is 0.732 bits per heavy atom. The van der Waals surface area contributed by atoms with Crippen molar-refractivity contribution in [1.29, 1.82) is 0 Å². The van der Waals surface area contributed by atoms with E-state index in [1.807, 2.05) is 48.5 Å². The number of nitrogens with one attached hydrogen (secondary N) is 1. The maximum absolute atomic E-state index is 14.1. The molecule has 8 rings (SSSR count). The standard InChI is InChI=1S/C33H23ClN2O5/c34-18-8-7-9-19(16-18)35-26(37)17-41-33(40)24-14-5-6-15-25(24)36-31(38)29-27-20-10-1-2-11-21(20)28(30(29)32(36)39)23-13-4-3-12-22(23)27/h1-16,27-30H,17H2,(H,35,37)/t27?,28?,29-,30-/m0/s1. The summed E-state index contributed by atoms with van der Waals surface area (Å²) in [7, 11) is 0. The maximum Gasteiger partial charge on any atom is 0.340 e. The second-order valence-electron chi connectivity index (χ2n) is 10.4. The number of imide groups is 1. The molecule has 2 bridgehead atoms. The predicted octanol–water partition coefficient (Wildman–Crippen LogP) is 5.53. The molecule has 0 radical (unpaired) electrons. The average Bonchev–Trinajstić information content (AvgIpc) is 3.26. The second-order valence-corrected chi connectivity index (χ2v) is 10.9. The van der Waals surface area contributed by atoms with Gasteiger partial charge in [0.1, 0.15) is 0 Å². The summed E-state index contributed by atoms with van der Waals surface area (Å²) in [5.74, 6) is -3.71. The summed E-state index contributed by atoms with van der Waals surface area (Å²) in [5, 5.41) is 3.07. The van der Waals surface area contributed by atoms with Crippen LogP contribution in [0.2, 0.25) is 5.02 Å². The fourth-order valence-corrected chi connectivity index (χ4v) is 6.92. The van der Waals surface area contributed by atoms with Crippen LogP contribution in [0.15, 0.2) is 97.1 Å². The zero-order chi connectivity index (χ0) is 28.2. The molecule has 8 heteroatoms. The largest absolute Gasteiger partial charge is 0.452 e. The lowest BCUT2D eigenvalue weighted by Crippen LogP contribution is -2.41. The molecular weight excluding hydrogens is 540 g/mol. The first-order chi connectivity index (χ1) is 19.9. The van der Waals surface area contributed by atoms with Crippen molar-refractivity contribution >= 4 is 46.7 Å². The van der Waals surface area contributed by atoms with E-state index in [-0.39, 0.29) is 34.9 Å². The number of anilines is 2. The zero-order valence-electron chi connectivity index (χ0n) is 21.6. The van der Waals surface area contributed by atoms with E-state index in [0.717, 1.165) is 27.2 Å². The van der Waals surface area contributed by atoms with Crippen LogP contribution in [-0.4, -0.2) is 30.3 Å². The van der Waals surface area contributed by atoms with Crippen LogP contribution in [0.25, 0.3) is 0 Å². The molecule has 2 atom stereocenters. The molecule has 1 N–H and O–H groups in total. The Hall–Kier alpha value is -4.75. The minimum Gasteiger partial charge on any atom is -0.452 e. The third kappa shape index (κ3) is 3.96. The van der Waals surface area contributed by atoms with E-state index in [2.05, 4.69) is 5.32 Å². The minimum absolute atomic E-state index is 0.0331. The van der Waals surface area contributed by atoms with Crippen molar-refractivity contribution in [3.63, 3.8) is 0 Å². The Balaban J connectivity index is 1.18. The third-order valence-electron chi connectivity index (χ3n) is 8.26. The summed E-state index contributed by atoms with van der Waals surface area (Å²) in [6.45, 7) is -0.554. The van der Waals surface area contributed by atoms with Gasteiger partial charge in [0.25, 0.3) is 5.91 Å². The van der Waals surface area contributed by atoms with Gasteiger partial charge in [0.2, 0.25) is 11.8 Å². The normalized spacial score (nSPS) is 21.6. The molecule has 41 heavy (non-hydrogen) atoms. The quantitative estimate of drug-likeness (QED) is 0.255. The number of amides is 3. The van der Waals surface area contributed by atoms with Crippen LogP contribution in [0.3, 0.4) is 0 Å². The number of rotatable bonds is 5. The van der Waals surface area contributed by atoms with Gasteiger partial charge in [0.15, 0.2) is 6.61 Å². The minimum atomic E-state index is -0.813. The molecule has 3 amide bonds. The second kappa shape index (κ2) is 9.71. The number of ether oxygens (including phenoxy) is 1. The molecule has 3 aliphatic carbocycles. The Kier molecular flexibility index (Phi) is 5.98. The SMILES string of the molecule is O=C(COC(=O)c1ccccc1N1C(=O)[C@H]2C3c4ccccc4C(c4ccccc43)[C@@H]2C1=O)Nc1cccc(Cl)c1. The predicted molar refractivity (Wildman–Crippen MR) is 153 cm³/mol. The summed E-state index contributed by atoms with van der Waals surface area (Å²) in [5.41, 5.74) is 4.93. The first-order valence-electron chi connectivity index (χ1n) is 13.3. The lowest BCUT2D eigenvalue weighted by atomic mass is 9.55. The molecule has 0 unspecified atom stereocenters. The van der Waals surface area contributed by atoms with Crippen molar-refractivity contribution in [2.45, 2.75) is 11.8 Å². The summed E-state index contributed by atoms with van der Waals surface area (Å²) in [6, 6.07) is 29.0. The van der Waals surface area contributed by atoms with Crippen LogP contribution in [-0.2, 0) is 19.1 Å². The van der Waals surface area contributed by atoms with E-state index in [4.69, 9.17) is 16.3 Å². The van der Waals surface area contributed by atoms with Gasteiger partial charge in [0, 0.05) is 22.5 Å². The highest BCUT2D eigenvalue weighted by Crippen LogP contribution is 2.61. The third-order valence-corrected chi connectivity index (χ3v) is 8.49. The highest BCUT2D eigenvalue weighted by atomic mass is 35.5. The first kappa shape index (κ1) is 25.2. The van der Waals surface area contributed by atoms with Gasteiger partial charge in [-0.15, -0.1) is 0 Å². The van der Waals surface area contributed by atoms with Crippen LogP contribution in [0.4, 0.5) is 11.4 Å². The molecule has 1 heterocycles. The molecule has 0 saturated carbocycles. The topological polar surface area (TPSA) is 92.8 Å². The summed E-state index contributed by atoms with van der Waals surface area (Å²) >= 11 is 5.96. The molecule has 0 spiro atoms. The number of para-hydroxylation sites is 1. The van der Waals surface area contributed by atoms with Gasteiger partial charge in [0.05, 0.1) is 23.1 Å². The fraction of sp³-hybridized carbons (Fsp3) is 0.152. The number of carbonyl (C=O) groups excluding carboxylic acids is 4. The molecule has 0 aromatic heterocycles. The summed E-state index contributed by atoms with van der Waals surface area (Å²) in [4.78, 5) is 55.0. The van der Waals surface area contributed by atoms with E-state index >= 15 is 0 Å². The van der Waals surface area contributed by atoms with E-state index in [0.29, 0.717) is 10.7 Å². The van der Waals surface area contributed by atoms with Crippen LogP contribution in [0.1, 0.15) is 44.4 Å². The van der Waals surface area contributed by atoms with E-state index in [1.165, 1.54) is 6.07 Å². The number of hydrogen-bond donors (Lipinski definition) is 1. The molecule has 7 nitrogen and oxygen atoms in total. The van der Waals surface area contributed by atoms with Gasteiger partial charge in [-0.2, -0.15) is 0 Å². The number of carbonyl (C=O) groups is 4. The first-order valence-corrected chi connectivity index (χ1v) is 13.7. The monoisotopic (exact) mass is 562 g/mol. The molecule has 4 aromatic rings. The number of benzene rings is 4. The van der Waals surface area contributed by atoms with Crippen LogP contribution >= 0.6 is 11.6 Å². The van der Waals surface area contributed by atoms with Crippen molar-refractivity contribution in [3.8, 4) is 0 Å². The zero-order valence-corrected chi connectivity index (χ0v) is 22.4. The van der Waals surface area contributed by atoms with Gasteiger partial charge < -0.3 is 10.1 Å². The number of esters is 1. The summed E-state index contributed by atoms with van der Waals surface area (Å²) < 4.78 is 5.30. The molecule has 202 valence electrons. The smallest absolute Gasteiger partial charge is 0.340 e. The Labute approximate surface area is 240 Å². The van der Waals surface area contributed by atoms with Crippen LogP contribution in [0.5, 0.6) is 0 Å². The van der Waals surface area contributed by atoms with Crippen molar-refractivity contribution in [2.24, 2.45) is 11.8 Å².